The lowest BCUT2D eigenvalue weighted by atomic mass is 10.1. The van der Waals surface area contributed by atoms with E-state index in [1.54, 1.807) is 12.1 Å². The van der Waals surface area contributed by atoms with Crippen LogP contribution in [-0.2, 0) is 4.79 Å². The summed E-state index contributed by atoms with van der Waals surface area (Å²) >= 11 is 0. The fourth-order valence-electron chi connectivity index (χ4n) is 2.03. The van der Waals surface area contributed by atoms with Gasteiger partial charge in [-0.1, -0.05) is 0 Å². The van der Waals surface area contributed by atoms with Crippen LogP contribution in [-0.4, -0.2) is 34.2 Å². The predicted molar refractivity (Wildman–Crippen MR) is 76.2 cm³/mol. The maximum absolute atomic E-state index is 12.4. The summed E-state index contributed by atoms with van der Waals surface area (Å²) in [6.45, 7) is 1.49. The highest BCUT2D eigenvalue weighted by Gasteiger charge is 2.36. The number of aryl methyl sites for hydroxylation is 1. The molecule has 0 aliphatic rings. The van der Waals surface area contributed by atoms with Crippen LogP contribution in [0.2, 0.25) is 0 Å². The van der Waals surface area contributed by atoms with Crippen LogP contribution in [0.15, 0.2) is 34.9 Å². The third kappa shape index (κ3) is 4.34. The number of carboxylic acid groups (broad SMARTS) is 1. The summed E-state index contributed by atoms with van der Waals surface area (Å²) in [5.41, 5.74) is 0.662. The third-order valence-electron chi connectivity index (χ3n) is 3.14. The molecule has 0 spiro atoms. The molecule has 2 heterocycles. The molecular weight excluding hydrogens is 329 g/mol. The average Bonchev–Trinajstić information content (AvgIpc) is 2.98. The number of aromatic nitrogens is 1. The van der Waals surface area contributed by atoms with Crippen molar-refractivity contribution >= 4 is 11.9 Å². The lowest BCUT2D eigenvalue weighted by Gasteiger charge is -2.17. The van der Waals surface area contributed by atoms with Crippen LogP contribution in [0.25, 0.3) is 11.5 Å². The summed E-state index contributed by atoms with van der Waals surface area (Å²) in [5, 5.41) is 10.7. The van der Waals surface area contributed by atoms with Crippen LogP contribution in [0.4, 0.5) is 13.2 Å². The number of aliphatic carboxylic acids is 1. The fourth-order valence-corrected chi connectivity index (χ4v) is 2.03. The molecule has 1 unspecified atom stereocenters. The van der Waals surface area contributed by atoms with E-state index in [-0.39, 0.29) is 11.3 Å². The molecule has 2 N–H and O–H groups in total. The molecule has 0 saturated heterocycles. The van der Waals surface area contributed by atoms with Gasteiger partial charge < -0.3 is 14.8 Å². The number of nitrogens with zero attached hydrogens (tertiary/aromatic N) is 1. The molecule has 128 valence electrons. The maximum Gasteiger partial charge on any atom is 0.391 e. The Morgan fingerprint density at radius 3 is 2.54 bits per heavy atom. The first kappa shape index (κ1) is 17.5. The highest BCUT2D eigenvalue weighted by Crippen LogP contribution is 2.23. The molecule has 6 nitrogen and oxygen atoms in total. The quantitative estimate of drug-likeness (QED) is 0.872. The first-order valence-corrected chi connectivity index (χ1v) is 6.79. The highest BCUT2D eigenvalue weighted by atomic mass is 19.4. The second-order valence-electron chi connectivity index (χ2n) is 4.99. The Bertz CT molecular complexity index is 742. The summed E-state index contributed by atoms with van der Waals surface area (Å²) < 4.78 is 42.3. The van der Waals surface area contributed by atoms with Crippen molar-refractivity contribution in [1.82, 2.24) is 10.3 Å². The average molecular weight is 342 g/mol. The number of alkyl halides is 3. The van der Waals surface area contributed by atoms with Gasteiger partial charge in [-0.25, -0.2) is 9.78 Å². The highest BCUT2D eigenvalue weighted by molar-refractivity contribution is 5.97. The van der Waals surface area contributed by atoms with Crippen molar-refractivity contribution < 1.29 is 32.3 Å². The third-order valence-corrected chi connectivity index (χ3v) is 3.14. The standard InChI is InChI=1S/C15H13F3N2O4/c1-8-9(4-5-10(19-8)12-3-2-6-24-12)13(21)20-11(14(22)23)7-15(16,17)18/h2-6,11H,7H2,1H3,(H,20,21)(H,22,23). The number of carbonyl (C=O) groups excluding carboxylic acids is 1. The minimum Gasteiger partial charge on any atom is -0.480 e. The Hall–Kier alpha value is -2.84. The van der Waals surface area contributed by atoms with Gasteiger partial charge in [0, 0.05) is 0 Å². The molecule has 2 aromatic heterocycles. The van der Waals surface area contributed by atoms with Crippen LogP contribution < -0.4 is 5.32 Å². The van der Waals surface area contributed by atoms with Gasteiger partial charge in [0.15, 0.2) is 5.76 Å². The summed E-state index contributed by atoms with van der Waals surface area (Å²) in [7, 11) is 0. The molecule has 24 heavy (non-hydrogen) atoms. The zero-order valence-electron chi connectivity index (χ0n) is 12.4. The van der Waals surface area contributed by atoms with Crippen molar-refractivity contribution in [2.45, 2.75) is 25.6 Å². The summed E-state index contributed by atoms with van der Waals surface area (Å²) in [5.74, 6) is -2.24. The molecule has 0 aromatic carbocycles. The van der Waals surface area contributed by atoms with Crippen molar-refractivity contribution in [1.29, 1.82) is 0 Å². The van der Waals surface area contributed by atoms with Crippen LogP contribution >= 0.6 is 0 Å². The van der Waals surface area contributed by atoms with E-state index >= 15 is 0 Å². The number of furan rings is 1. The predicted octanol–water partition coefficient (Wildman–Crippen LogP) is 2.79. The smallest absolute Gasteiger partial charge is 0.391 e. The second-order valence-corrected chi connectivity index (χ2v) is 4.99. The molecular formula is C15H13F3N2O4. The Balaban J connectivity index is 2.18. The molecule has 0 radical (unpaired) electrons. The van der Waals surface area contributed by atoms with E-state index < -0.39 is 30.5 Å². The van der Waals surface area contributed by atoms with E-state index in [9.17, 15) is 22.8 Å². The van der Waals surface area contributed by atoms with Gasteiger partial charge in [-0.15, -0.1) is 0 Å². The van der Waals surface area contributed by atoms with Crippen molar-refractivity contribution in [3.05, 3.63) is 41.8 Å². The molecule has 0 fully saturated rings. The van der Waals surface area contributed by atoms with Gasteiger partial charge in [0.1, 0.15) is 11.7 Å². The molecule has 1 amide bonds. The Labute approximate surface area is 134 Å². The van der Waals surface area contributed by atoms with Crippen molar-refractivity contribution in [2.24, 2.45) is 0 Å². The van der Waals surface area contributed by atoms with Gasteiger partial charge in [-0.05, 0) is 31.2 Å². The van der Waals surface area contributed by atoms with Gasteiger partial charge >= 0.3 is 12.1 Å². The first-order chi connectivity index (χ1) is 11.2. The number of pyridine rings is 1. The van der Waals surface area contributed by atoms with E-state index in [1.165, 1.54) is 25.3 Å². The minimum absolute atomic E-state index is 0.0151. The zero-order chi connectivity index (χ0) is 17.9. The molecule has 0 saturated carbocycles. The van der Waals surface area contributed by atoms with Gasteiger partial charge in [-0.3, -0.25) is 4.79 Å². The largest absolute Gasteiger partial charge is 0.480 e. The number of carboxylic acids is 1. The van der Waals surface area contributed by atoms with Crippen molar-refractivity contribution in [3.8, 4) is 11.5 Å². The van der Waals surface area contributed by atoms with E-state index in [1.807, 2.05) is 5.32 Å². The molecule has 0 bridgehead atoms. The molecule has 1 atom stereocenters. The summed E-state index contributed by atoms with van der Waals surface area (Å²) in [4.78, 5) is 27.1. The Morgan fingerprint density at radius 2 is 2.04 bits per heavy atom. The molecule has 0 aliphatic carbocycles. The van der Waals surface area contributed by atoms with E-state index in [0.717, 1.165) is 0 Å². The molecule has 2 rings (SSSR count). The molecule has 2 aromatic rings. The number of carbonyl (C=O) groups is 2. The van der Waals surface area contributed by atoms with E-state index in [2.05, 4.69) is 4.98 Å². The number of hydrogen-bond donors (Lipinski definition) is 2. The monoisotopic (exact) mass is 342 g/mol. The minimum atomic E-state index is -4.72. The number of amides is 1. The van der Waals surface area contributed by atoms with Gasteiger partial charge in [0.05, 0.1) is 23.9 Å². The number of rotatable bonds is 5. The number of hydrogen-bond acceptors (Lipinski definition) is 4. The van der Waals surface area contributed by atoms with E-state index in [4.69, 9.17) is 9.52 Å². The lowest BCUT2D eigenvalue weighted by Crippen LogP contribution is -2.43. The van der Waals surface area contributed by atoms with Crippen molar-refractivity contribution in [3.63, 3.8) is 0 Å². The number of halogens is 3. The van der Waals surface area contributed by atoms with Crippen LogP contribution in [0.1, 0.15) is 22.5 Å². The zero-order valence-corrected chi connectivity index (χ0v) is 12.4. The van der Waals surface area contributed by atoms with Crippen molar-refractivity contribution in [2.75, 3.05) is 0 Å². The molecule has 9 heteroatoms. The van der Waals surface area contributed by atoms with Crippen LogP contribution in [0, 0.1) is 6.92 Å². The fraction of sp³-hybridized carbons (Fsp3) is 0.267. The van der Waals surface area contributed by atoms with Gasteiger partial charge in [0.25, 0.3) is 5.91 Å². The van der Waals surface area contributed by atoms with Crippen LogP contribution in [0.5, 0.6) is 0 Å². The first-order valence-electron chi connectivity index (χ1n) is 6.79. The van der Waals surface area contributed by atoms with Gasteiger partial charge in [0.2, 0.25) is 0 Å². The normalized spacial score (nSPS) is 12.7. The topological polar surface area (TPSA) is 92.4 Å². The lowest BCUT2D eigenvalue weighted by molar-refractivity contribution is -0.157. The Kier molecular flexibility index (Phi) is 4.91. The SMILES string of the molecule is Cc1nc(-c2ccco2)ccc1C(=O)NC(CC(F)(F)F)C(=O)O. The van der Waals surface area contributed by atoms with Crippen LogP contribution in [0.3, 0.4) is 0 Å². The number of nitrogens with one attached hydrogen (secondary N) is 1. The van der Waals surface area contributed by atoms with Gasteiger partial charge in [-0.2, -0.15) is 13.2 Å². The summed E-state index contributed by atoms with van der Waals surface area (Å²) in [6, 6.07) is 4.05. The molecule has 0 aliphatic heterocycles. The summed E-state index contributed by atoms with van der Waals surface area (Å²) in [6.07, 6.45) is -4.93. The second kappa shape index (κ2) is 6.73. The maximum atomic E-state index is 12.4. The van der Waals surface area contributed by atoms with E-state index in [0.29, 0.717) is 11.5 Å². The Morgan fingerprint density at radius 1 is 1.33 bits per heavy atom.